The predicted molar refractivity (Wildman–Crippen MR) is 77.9 cm³/mol. The molecule has 0 aliphatic heterocycles. The smallest absolute Gasteiger partial charge is 0.404 e. The molecular weight excluding hydrogens is 256 g/mol. The zero-order valence-electron chi connectivity index (χ0n) is 12.0. The Morgan fingerprint density at radius 1 is 1.10 bits per heavy atom. The van der Waals surface area contributed by atoms with Gasteiger partial charge in [-0.05, 0) is 23.5 Å². The molecule has 20 heavy (non-hydrogen) atoms. The van der Waals surface area contributed by atoms with Gasteiger partial charge in [0.1, 0.15) is 0 Å². The van der Waals surface area contributed by atoms with E-state index >= 15 is 0 Å². The predicted octanol–water partition coefficient (Wildman–Crippen LogP) is 2.13. The van der Waals surface area contributed by atoms with E-state index in [2.05, 4.69) is 24.5 Å². The highest BCUT2D eigenvalue weighted by molar-refractivity contribution is 5.78. The van der Waals surface area contributed by atoms with Crippen molar-refractivity contribution >= 4 is 12.0 Å². The molecule has 0 spiro atoms. The molecule has 0 saturated heterocycles. The van der Waals surface area contributed by atoms with Crippen molar-refractivity contribution in [1.29, 1.82) is 0 Å². The van der Waals surface area contributed by atoms with Crippen LogP contribution in [0.3, 0.4) is 0 Å². The molecular formula is C15H22N2O3. The van der Waals surface area contributed by atoms with Crippen LogP contribution in [0.5, 0.6) is 0 Å². The van der Waals surface area contributed by atoms with Crippen LogP contribution in [0, 0.1) is 0 Å². The van der Waals surface area contributed by atoms with Crippen molar-refractivity contribution in [2.24, 2.45) is 0 Å². The third-order valence-corrected chi connectivity index (χ3v) is 2.96. The molecule has 5 nitrogen and oxygen atoms in total. The number of hydrogen-bond acceptors (Lipinski definition) is 2. The quantitative estimate of drug-likeness (QED) is 0.668. The van der Waals surface area contributed by atoms with Gasteiger partial charge in [0.25, 0.3) is 0 Å². The standard InChI is InChI=1S/C15H22N2O3/c1-11(2)13-6-4-12(5-7-13)10-14(18)16-8-3-9-17-15(19)20/h4-7,11,17H,3,8-10H2,1-2H3,(H,16,18)(H,19,20). The Morgan fingerprint density at radius 3 is 2.25 bits per heavy atom. The lowest BCUT2D eigenvalue weighted by Crippen LogP contribution is -2.29. The number of carboxylic acid groups (broad SMARTS) is 1. The topological polar surface area (TPSA) is 78.4 Å². The van der Waals surface area contributed by atoms with Gasteiger partial charge in [0.2, 0.25) is 5.91 Å². The fourth-order valence-electron chi connectivity index (χ4n) is 1.78. The lowest BCUT2D eigenvalue weighted by Gasteiger charge is -2.08. The fourth-order valence-corrected chi connectivity index (χ4v) is 1.78. The van der Waals surface area contributed by atoms with Gasteiger partial charge in [-0.25, -0.2) is 4.79 Å². The highest BCUT2D eigenvalue weighted by atomic mass is 16.4. The molecule has 1 aromatic carbocycles. The third kappa shape index (κ3) is 6.22. The molecule has 0 radical (unpaired) electrons. The van der Waals surface area contributed by atoms with E-state index in [1.54, 1.807) is 0 Å². The van der Waals surface area contributed by atoms with E-state index in [4.69, 9.17) is 5.11 Å². The van der Waals surface area contributed by atoms with E-state index in [0.717, 1.165) is 5.56 Å². The van der Waals surface area contributed by atoms with Gasteiger partial charge in [-0.2, -0.15) is 0 Å². The summed E-state index contributed by atoms with van der Waals surface area (Å²) in [6, 6.07) is 8.04. The molecule has 0 heterocycles. The zero-order valence-corrected chi connectivity index (χ0v) is 12.0. The summed E-state index contributed by atoms with van der Waals surface area (Å²) >= 11 is 0. The van der Waals surface area contributed by atoms with Crippen LogP contribution >= 0.6 is 0 Å². The number of rotatable bonds is 7. The molecule has 0 saturated carbocycles. The van der Waals surface area contributed by atoms with Crippen molar-refractivity contribution in [1.82, 2.24) is 10.6 Å². The van der Waals surface area contributed by atoms with Crippen LogP contribution in [0.4, 0.5) is 4.79 Å². The molecule has 110 valence electrons. The molecule has 0 aromatic heterocycles. The van der Waals surface area contributed by atoms with Crippen LogP contribution in [-0.4, -0.2) is 30.2 Å². The summed E-state index contributed by atoms with van der Waals surface area (Å²) in [5.74, 6) is 0.442. The lowest BCUT2D eigenvalue weighted by atomic mass is 10.0. The Bertz CT molecular complexity index is 441. The summed E-state index contributed by atoms with van der Waals surface area (Å²) in [6.07, 6.45) is -0.101. The van der Waals surface area contributed by atoms with Gasteiger partial charge in [0.05, 0.1) is 6.42 Å². The van der Waals surface area contributed by atoms with Gasteiger partial charge in [0, 0.05) is 13.1 Å². The van der Waals surface area contributed by atoms with Crippen molar-refractivity contribution in [2.45, 2.75) is 32.6 Å². The maximum Gasteiger partial charge on any atom is 0.404 e. The van der Waals surface area contributed by atoms with Crippen molar-refractivity contribution in [2.75, 3.05) is 13.1 Å². The lowest BCUT2D eigenvalue weighted by molar-refractivity contribution is -0.120. The molecule has 1 aromatic rings. The second kappa shape index (κ2) is 8.19. The molecule has 0 bridgehead atoms. The van der Waals surface area contributed by atoms with E-state index in [9.17, 15) is 9.59 Å². The summed E-state index contributed by atoms with van der Waals surface area (Å²) in [4.78, 5) is 21.9. The van der Waals surface area contributed by atoms with Crippen LogP contribution in [0.25, 0.3) is 0 Å². The van der Waals surface area contributed by atoms with Gasteiger partial charge in [-0.3, -0.25) is 4.79 Å². The van der Waals surface area contributed by atoms with Crippen LogP contribution in [0.1, 0.15) is 37.3 Å². The van der Waals surface area contributed by atoms with E-state index in [0.29, 0.717) is 31.8 Å². The first-order chi connectivity index (χ1) is 9.49. The summed E-state index contributed by atoms with van der Waals surface area (Å²) in [5, 5.41) is 13.4. The van der Waals surface area contributed by atoms with Crippen LogP contribution in [0.2, 0.25) is 0 Å². The monoisotopic (exact) mass is 278 g/mol. The molecule has 0 fully saturated rings. The van der Waals surface area contributed by atoms with E-state index < -0.39 is 6.09 Å². The van der Waals surface area contributed by atoms with Crippen LogP contribution in [0.15, 0.2) is 24.3 Å². The van der Waals surface area contributed by atoms with Crippen LogP contribution in [-0.2, 0) is 11.2 Å². The molecule has 3 N–H and O–H groups in total. The average Bonchev–Trinajstić information content (AvgIpc) is 2.38. The first kappa shape index (κ1) is 16.0. The van der Waals surface area contributed by atoms with Crippen molar-refractivity contribution in [3.05, 3.63) is 35.4 Å². The van der Waals surface area contributed by atoms with Crippen LogP contribution < -0.4 is 10.6 Å². The van der Waals surface area contributed by atoms with Crippen molar-refractivity contribution in [3.63, 3.8) is 0 Å². The van der Waals surface area contributed by atoms with E-state index in [1.807, 2.05) is 24.3 Å². The number of nitrogens with one attached hydrogen (secondary N) is 2. The first-order valence-corrected chi connectivity index (χ1v) is 6.81. The normalized spacial score (nSPS) is 10.3. The Labute approximate surface area is 119 Å². The number of hydrogen-bond donors (Lipinski definition) is 3. The third-order valence-electron chi connectivity index (χ3n) is 2.96. The zero-order chi connectivity index (χ0) is 15.0. The van der Waals surface area contributed by atoms with E-state index in [-0.39, 0.29) is 5.91 Å². The number of carbonyl (C=O) groups is 2. The first-order valence-electron chi connectivity index (χ1n) is 6.81. The highest BCUT2D eigenvalue weighted by Gasteiger charge is 2.04. The number of carbonyl (C=O) groups excluding carboxylic acids is 1. The van der Waals surface area contributed by atoms with Gasteiger partial charge in [-0.1, -0.05) is 38.1 Å². The Balaban J connectivity index is 2.26. The Morgan fingerprint density at radius 2 is 1.70 bits per heavy atom. The highest BCUT2D eigenvalue weighted by Crippen LogP contribution is 2.14. The molecule has 0 unspecified atom stereocenters. The molecule has 0 aliphatic carbocycles. The van der Waals surface area contributed by atoms with Gasteiger partial charge < -0.3 is 15.7 Å². The average molecular weight is 278 g/mol. The van der Waals surface area contributed by atoms with Gasteiger partial charge in [0.15, 0.2) is 0 Å². The van der Waals surface area contributed by atoms with E-state index in [1.165, 1.54) is 5.56 Å². The largest absolute Gasteiger partial charge is 0.465 e. The van der Waals surface area contributed by atoms with Gasteiger partial charge >= 0.3 is 6.09 Å². The summed E-state index contributed by atoms with van der Waals surface area (Å²) < 4.78 is 0. The minimum Gasteiger partial charge on any atom is -0.465 e. The fraction of sp³-hybridized carbons (Fsp3) is 0.467. The summed E-state index contributed by atoms with van der Waals surface area (Å²) in [6.45, 7) is 5.08. The Hall–Kier alpha value is -2.04. The minimum atomic E-state index is -1.04. The second-order valence-electron chi connectivity index (χ2n) is 5.01. The molecule has 1 rings (SSSR count). The number of amides is 2. The summed E-state index contributed by atoms with van der Waals surface area (Å²) in [5.41, 5.74) is 2.24. The Kier molecular flexibility index (Phi) is 6.56. The molecule has 2 amide bonds. The maximum absolute atomic E-state index is 11.7. The molecule has 5 heteroatoms. The van der Waals surface area contributed by atoms with Crippen molar-refractivity contribution in [3.8, 4) is 0 Å². The minimum absolute atomic E-state index is 0.0439. The SMILES string of the molecule is CC(C)c1ccc(CC(=O)NCCCNC(=O)O)cc1. The molecule has 0 atom stereocenters. The van der Waals surface area contributed by atoms with Crippen molar-refractivity contribution < 1.29 is 14.7 Å². The van der Waals surface area contributed by atoms with Gasteiger partial charge in [-0.15, -0.1) is 0 Å². The number of benzene rings is 1. The maximum atomic E-state index is 11.7. The molecule has 0 aliphatic rings. The summed E-state index contributed by atoms with van der Waals surface area (Å²) in [7, 11) is 0. The second-order valence-corrected chi connectivity index (χ2v) is 5.01.